The summed E-state index contributed by atoms with van der Waals surface area (Å²) in [5.41, 5.74) is 7.93. The molecule has 0 aromatic carbocycles. The average Bonchev–Trinajstić information content (AvgIpc) is 2.99. The van der Waals surface area contributed by atoms with Crippen LogP contribution in [0.1, 0.15) is 58.3 Å². The monoisotopic (exact) mass is 236 g/mol. The first-order valence-corrected chi connectivity index (χ1v) is 7.41. The van der Waals surface area contributed by atoms with Crippen molar-refractivity contribution < 1.29 is 0 Å². The molecule has 0 saturated heterocycles. The molecule has 2 aliphatic carbocycles. The SMILES string of the molecule is CCC1CCC(CN)(NCCC2=CCCC2)C1. The van der Waals surface area contributed by atoms with Crippen LogP contribution in [0.15, 0.2) is 11.6 Å². The van der Waals surface area contributed by atoms with Gasteiger partial charge >= 0.3 is 0 Å². The van der Waals surface area contributed by atoms with E-state index in [-0.39, 0.29) is 5.54 Å². The fraction of sp³-hybridized carbons (Fsp3) is 0.867. The van der Waals surface area contributed by atoms with Gasteiger partial charge in [-0.25, -0.2) is 0 Å². The maximum absolute atomic E-state index is 6.00. The molecule has 0 amide bonds. The standard InChI is InChI=1S/C15H28N2/c1-2-13-7-9-15(11-13,12-16)17-10-8-14-5-3-4-6-14/h5,13,17H,2-4,6-12,16H2,1H3. The lowest BCUT2D eigenvalue weighted by molar-refractivity contribution is 0.327. The third-order valence-electron chi connectivity index (χ3n) is 4.76. The minimum Gasteiger partial charge on any atom is -0.329 e. The lowest BCUT2D eigenvalue weighted by Crippen LogP contribution is -2.49. The molecule has 0 aromatic rings. The van der Waals surface area contributed by atoms with Gasteiger partial charge in [-0.2, -0.15) is 0 Å². The van der Waals surface area contributed by atoms with E-state index >= 15 is 0 Å². The fourth-order valence-corrected chi connectivity index (χ4v) is 3.46. The van der Waals surface area contributed by atoms with Crippen LogP contribution < -0.4 is 11.1 Å². The maximum atomic E-state index is 6.00. The van der Waals surface area contributed by atoms with E-state index in [0.29, 0.717) is 0 Å². The smallest absolute Gasteiger partial charge is 0.0306 e. The van der Waals surface area contributed by atoms with Crippen LogP contribution in [0.5, 0.6) is 0 Å². The van der Waals surface area contributed by atoms with Gasteiger partial charge in [-0.3, -0.25) is 0 Å². The Morgan fingerprint density at radius 3 is 3.00 bits per heavy atom. The van der Waals surface area contributed by atoms with Gasteiger partial charge in [0.2, 0.25) is 0 Å². The zero-order chi connectivity index (χ0) is 12.1. The van der Waals surface area contributed by atoms with Gasteiger partial charge in [0, 0.05) is 12.1 Å². The van der Waals surface area contributed by atoms with Crippen molar-refractivity contribution in [2.24, 2.45) is 11.7 Å². The lowest BCUT2D eigenvalue weighted by Gasteiger charge is -2.29. The van der Waals surface area contributed by atoms with E-state index in [9.17, 15) is 0 Å². The Kier molecular flexibility index (Phi) is 4.63. The van der Waals surface area contributed by atoms with E-state index in [1.807, 2.05) is 0 Å². The van der Waals surface area contributed by atoms with E-state index in [4.69, 9.17) is 5.73 Å². The summed E-state index contributed by atoms with van der Waals surface area (Å²) in [5, 5.41) is 3.77. The molecular formula is C15H28N2. The van der Waals surface area contributed by atoms with Crippen LogP contribution >= 0.6 is 0 Å². The minimum absolute atomic E-state index is 0.264. The second kappa shape index (κ2) is 6.01. The van der Waals surface area contributed by atoms with Crippen LogP contribution in [0, 0.1) is 5.92 Å². The van der Waals surface area contributed by atoms with E-state index in [1.54, 1.807) is 5.57 Å². The first kappa shape index (κ1) is 13.1. The molecule has 0 radical (unpaired) electrons. The van der Waals surface area contributed by atoms with Crippen LogP contribution in [0.4, 0.5) is 0 Å². The quantitative estimate of drug-likeness (QED) is 0.696. The van der Waals surface area contributed by atoms with Crippen molar-refractivity contribution in [3.05, 3.63) is 11.6 Å². The van der Waals surface area contributed by atoms with E-state index in [0.717, 1.165) is 19.0 Å². The van der Waals surface area contributed by atoms with Crippen molar-refractivity contribution in [2.75, 3.05) is 13.1 Å². The van der Waals surface area contributed by atoms with Crippen molar-refractivity contribution in [3.63, 3.8) is 0 Å². The minimum atomic E-state index is 0.264. The second-order valence-electron chi connectivity index (χ2n) is 5.93. The van der Waals surface area contributed by atoms with Gasteiger partial charge in [0.05, 0.1) is 0 Å². The molecule has 3 N–H and O–H groups in total. The molecule has 0 bridgehead atoms. The highest BCUT2D eigenvalue weighted by Gasteiger charge is 2.36. The molecule has 2 atom stereocenters. The predicted molar refractivity (Wildman–Crippen MR) is 74.0 cm³/mol. The molecule has 0 aliphatic heterocycles. The molecule has 2 nitrogen and oxygen atoms in total. The molecule has 0 spiro atoms. The number of hydrogen-bond acceptors (Lipinski definition) is 2. The van der Waals surface area contributed by atoms with Crippen molar-refractivity contribution in [3.8, 4) is 0 Å². The van der Waals surface area contributed by atoms with Gasteiger partial charge in [0.1, 0.15) is 0 Å². The highest BCUT2D eigenvalue weighted by atomic mass is 15.0. The van der Waals surface area contributed by atoms with Crippen molar-refractivity contribution in [1.29, 1.82) is 0 Å². The third kappa shape index (κ3) is 3.32. The molecule has 2 rings (SSSR count). The molecule has 1 saturated carbocycles. The van der Waals surface area contributed by atoms with Crippen molar-refractivity contribution in [1.82, 2.24) is 5.32 Å². The zero-order valence-electron chi connectivity index (χ0n) is 11.3. The summed E-state index contributed by atoms with van der Waals surface area (Å²) in [6.07, 6.45) is 12.9. The number of nitrogens with one attached hydrogen (secondary N) is 1. The van der Waals surface area contributed by atoms with E-state index in [1.165, 1.54) is 51.4 Å². The van der Waals surface area contributed by atoms with Gasteiger partial charge in [0.15, 0.2) is 0 Å². The predicted octanol–water partition coefficient (Wildman–Crippen LogP) is 2.98. The van der Waals surface area contributed by atoms with E-state index < -0.39 is 0 Å². The number of allylic oxidation sites excluding steroid dienone is 1. The summed E-state index contributed by atoms with van der Waals surface area (Å²) in [5.74, 6) is 0.900. The Hall–Kier alpha value is -0.340. The topological polar surface area (TPSA) is 38.0 Å². The average molecular weight is 236 g/mol. The Labute approximate surface area is 106 Å². The Morgan fingerprint density at radius 1 is 1.53 bits per heavy atom. The molecule has 0 aromatic heterocycles. The summed E-state index contributed by atoms with van der Waals surface area (Å²) in [7, 11) is 0. The largest absolute Gasteiger partial charge is 0.329 e. The van der Waals surface area contributed by atoms with E-state index in [2.05, 4.69) is 18.3 Å². The van der Waals surface area contributed by atoms with Crippen LogP contribution in [-0.4, -0.2) is 18.6 Å². The molecule has 2 aliphatic rings. The first-order chi connectivity index (χ1) is 8.28. The molecular weight excluding hydrogens is 208 g/mol. The van der Waals surface area contributed by atoms with Gasteiger partial charge in [0.25, 0.3) is 0 Å². The van der Waals surface area contributed by atoms with Crippen LogP contribution in [-0.2, 0) is 0 Å². The molecule has 2 unspecified atom stereocenters. The summed E-state index contributed by atoms with van der Waals surface area (Å²) in [6.45, 7) is 4.24. The maximum Gasteiger partial charge on any atom is 0.0306 e. The van der Waals surface area contributed by atoms with Crippen LogP contribution in [0.3, 0.4) is 0 Å². The van der Waals surface area contributed by atoms with Crippen molar-refractivity contribution >= 4 is 0 Å². The number of hydrogen-bond donors (Lipinski definition) is 2. The third-order valence-corrected chi connectivity index (χ3v) is 4.76. The molecule has 17 heavy (non-hydrogen) atoms. The molecule has 0 heterocycles. The van der Waals surface area contributed by atoms with Gasteiger partial charge in [-0.15, -0.1) is 0 Å². The number of rotatable bonds is 6. The lowest BCUT2D eigenvalue weighted by atomic mass is 9.94. The van der Waals surface area contributed by atoms with Gasteiger partial charge in [-0.1, -0.05) is 25.0 Å². The van der Waals surface area contributed by atoms with Gasteiger partial charge in [-0.05, 0) is 57.4 Å². The summed E-state index contributed by atoms with van der Waals surface area (Å²) in [6, 6.07) is 0. The van der Waals surface area contributed by atoms with Gasteiger partial charge < -0.3 is 11.1 Å². The molecule has 98 valence electrons. The summed E-state index contributed by atoms with van der Waals surface area (Å²) < 4.78 is 0. The second-order valence-corrected chi connectivity index (χ2v) is 5.93. The first-order valence-electron chi connectivity index (χ1n) is 7.41. The highest BCUT2D eigenvalue weighted by Crippen LogP contribution is 2.35. The number of nitrogens with two attached hydrogens (primary N) is 1. The Balaban J connectivity index is 1.75. The normalized spacial score (nSPS) is 33.1. The summed E-state index contributed by atoms with van der Waals surface area (Å²) >= 11 is 0. The molecule has 1 fully saturated rings. The summed E-state index contributed by atoms with van der Waals surface area (Å²) in [4.78, 5) is 0. The zero-order valence-corrected chi connectivity index (χ0v) is 11.3. The highest BCUT2D eigenvalue weighted by molar-refractivity contribution is 5.08. The Bertz CT molecular complexity index is 272. The van der Waals surface area contributed by atoms with Crippen molar-refractivity contribution in [2.45, 2.75) is 63.8 Å². The Morgan fingerprint density at radius 2 is 2.41 bits per heavy atom. The fourth-order valence-electron chi connectivity index (χ4n) is 3.46. The molecule has 2 heteroatoms. The van der Waals surface area contributed by atoms with Crippen LogP contribution in [0.2, 0.25) is 0 Å². The van der Waals surface area contributed by atoms with Crippen LogP contribution in [0.25, 0.3) is 0 Å².